The molecule has 1 aromatic rings. The lowest BCUT2D eigenvalue weighted by atomic mass is 9.98. The standard InChI is InChI=1S/C25H34N2O12P2/c1-18-9-5-2-3-8-12-36-25(29)24-19(15-21(38-40(30,31)32)16-22(24)39-41(33,34)35)14-20(13-18)26-37-17-23(28)27-10-6-4-7-11-27/h2-3,13,15-16H,4-12,14,17H2,1H3,(H2,30,31,32)(H2,33,34,35)/b3-2+,18-13+,26-20+. The summed E-state index contributed by atoms with van der Waals surface area (Å²) in [4.78, 5) is 70.3. The van der Waals surface area contributed by atoms with Crippen LogP contribution in [0.15, 0.2) is 41.1 Å². The molecule has 2 aliphatic heterocycles. The summed E-state index contributed by atoms with van der Waals surface area (Å²) in [6, 6.07) is 1.87. The third kappa shape index (κ3) is 11.4. The molecule has 2 heterocycles. The molecule has 16 heteroatoms. The summed E-state index contributed by atoms with van der Waals surface area (Å²) in [6.07, 6.45) is 9.73. The van der Waals surface area contributed by atoms with Crippen LogP contribution in [0.1, 0.15) is 61.4 Å². The van der Waals surface area contributed by atoms with Crippen molar-refractivity contribution in [1.29, 1.82) is 0 Å². The van der Waals surface area contributed by atoms with Gasteiger partial charge in [-0.15, -0.1) is 0 Å². The number of phosphoric acid groups is 2. The van der Waals surface area contributed by atoms with Crippen LogP contribution in [0.4, 0.5) is 0 Å². The van der Waals surface area contributed by atoms with E-state index in [4.69, 9.17) is 14.1 Å². The summed E-state index contributed by atoms with van der Waals surface area (Å²) >= 11 is 0. The predicted molar refractivity (Wildman–Crippen MR) is 146 cm³/mol. The number of benzene rings is 1. The normalized spacial score (nSPS) is 20.6. The Morgan fingerprint density at radius 3 is 2.39 bits per heavy atom. The van der Waals surface area contributed by atoms with Crippen molar-refractivity contribution in [3.8, 4) is 11.5 Å². The number of nitrogens with zero attached hydrogens (tertiary/aromatic N) is 2. The smallest absolute Gasteiger partial charge is 0.462 e. The van der Waals surface area contributed by atoms with Gasteiger partial charge in [-0.3, -0.25) is 24.4 Å². The minimum absolute atomic E-state index is 0.0363. The number of hydrogen-bond acceptors (Lipinski definition) is 9. The molecule has 3 rings (SSSR count). The molecule has 4 N–H and O–H groups in total. The Morgan fingerprint density at radius 2 is 1.71 bits per heavy atom. The Kier molecular flexibility index (Phi) is 11.7. The van der Waals surface area contributed by atoms with E-state index in [1.54, 1.807) is 11.0 Å². The van der Waals surface area contributed by atoms with Gasteiger partial charge >= 0.3 is 21.6 Å². The molecule has 1 aromatic carbocycles. The molecular formula is C25H34N2O12P2. The number of hydrogen-bond donors (Lipinski definition) is 4. The van der Waals surface area contributed by atoms with Crippen LogP contribution in [-0.4, -0.2) is 68.4 Å². The van der Waals surface area contributed by atoms with Crippen molar-refractivity contribution in [1.82, 2.24) is 4.90 Å². The van der Waals surface area contributed by atoms with E-state index in [9.17, 15) is 38.3 Å². The van der Waals surface area contributed by atoms with E-state index in [0.29, 0.717) is 32.4 Å². The summed E-state index contributed by atoms with van der Waals surface area (Å²) in [5.74, 6) is -2.48. The molecule has 0 aromatic heterocycles. The van der Waals surface area contributed by atoms with Gasteiger partial charge in [0.1, 0.15) is 17.1 Å². The molecule has 226 valence electrons. The van der Waals surface area contributed by atoms with E-state index in [2.05, 4.69) is 9.68 Å². The summed E-state index contributed by atoms with van der Waals surface area (Å²) in [7, 11) is -10.4. The van der Waals surface area contributed by atoms with Crippen LogP contribution >= 0.6 is 15.6 Å². The number of cyclic esters (lactones) is 1. The Labute approximate surface area is 237 Å². The van der Waals surface area contributed by atoms with Gasteiger partial charge in [-0.05, 0) is 63.2 Å². The fourth-order valence-electron chi connectivity index (χ4n) is 4.31. The van der Waals surface area contributed by atoms with Gasteiger partial charge in [0.05, 0.1) is 12.3 Å². The number of piperidine rings is 1. The van der Waals surface area contributed by atoms with Crippen LogP contribution in [0.5, 0.6) is 11.5 Å². The van der Waals surface area contributed by atoms with Crippen LogP contribution in [0.25, 0.3) is 0 Å². The molecule has 41 heavy (non-hydrogen) atoms. The number of fused-ring (bicyclic) bond motifs is 1. The van der Waals surface area contributed by atoms with E-state index < -0.39 is 38.7 Å². The summed E-state index contributed by atoms with van der Waals surface area (Å²) in [6.45, 7) is 2.72. The maximum absolute atomic E-state index is 13.1. The second-order valence-electron chi connectivity index (χ2n) is 9.52. The summed E-state index contributed by atoms with van der Waals surface area (Å²) < 4.78 is 37.9. The topological polar surface area (TPSA) is 202 Å². The molecule has 0 bridgehead atoms. The van der Waals surface area contributed by atoms with E-state index in [0.717, 1.165) is 37.0 Å². The molecular weight excluding hydrogens is 582 g/mol. The average molecular weight is 616 g/mol. The molecule has 0 atom stereocenters. The minimum Gasteiger partial charge on any atom is -0.462 e. The van der Waals surface area contributed by atoms with Gasteiger partial charge in [0.25, 0.3) is 5.91 Å². The Hall–Kier alpha value is -2.99. The molecule has 1 saturated heterocycles. The Bertz CT molecular complexity index is 1290. The molecule has 0 unspecified atom stereocenters. The number of amides is 1. The third-order valence-electron chi connectivity index (χ3n) is 6.06. The average Bonchev–Trinajstić information content (AvgIpc) is 2.86. The summed E-state index contributed by atoms with van der Waals surface area (Å²) in [5, 5.41) is 4.10. The number of ether oxygens (including phenoxy) is 1. The highest BCUT2D eigenvalue weighted by molar-refractivity contribution is 7.47. The quantitative estimate of drug-likeness (QED) is 0.151. The van der Waals surface area contributed by atoms with Crippen molar-refractivity contribution in [2.24, 2.45) is 5.16 Å². The molecule has 2 aliphatic rings. The van der Waals surface area contributed by atoms with Crippen molar-refractivity contribution in [3.63, 3.8) is 0 Å². The lowest BCUT2D eigenvalue weighted by molar-refractivity contribution is -0.137. The maximum Gasteiger partial charge on any atom is 0.524 e. The lowest BCUT2D eigenvalue weighted by Gasteiger charge is -2.26. The largest absolute Gasteiger partial charge is 0.524 e. The van der Waals surface area contributed by atoms with Gasteiger partial charge in [0.15, 0.2) is 6.61 Å². The number of rotatable bonds is 7. The number of esters is 1. The van der Waals surface area contributed by atoms with E-state index in [1.807, 2.05) is 19.1 Å². The molecule has 1 amide bonds. The Balaban J connectivity index is 2.06. The highest BCUT2D eigenvalue weighted by atomic mass is 31.2. The van der Waals surface area contributed by atoms with Crippen LogP contribution in [0, 0.1) is 0 Å². The summed E-state index contributed by atoms with van der Waals surface area (Å²) in [5.41, 5.74) is 0.635. The van der Waals surface area contributed by atoms with Crippen molar-refractivity contribution >= 4 is 33.2 Å². The Morgan fingerprint density at radius 1 is 1.02 bits per heavy atom. The first kappa shape index (κ1) is 32.5. The maximum atomic E-state index is 13.1. The first-order valence-corrected chi connectivity index (χ1v) is 16.0. The predicted octanol–water partition coefficient (Wildman–Crippen LogP) is 3.40. The van der Waals surface area contributed by atoms with Crippen molar-refractivity contribution in [2.75, 3.05) is 26.3 Å². The van der Waals surface area contributed by atoms with E-state index in [1.165, 1.54) is 0 Å². The number of carbonyl (C=O) groups is 2. The number of phosphoric ester groups is 2. The fourth-order valence-corrected chi connectivity index (χ4v) is 5.09. The monoisotopic (exact) mass is 616 g/mol. The number of carbonyl (C=O) groups excluding carboxylic acids is 2. The molecule has 14 nitrogen and oxygen atoms in total. The van der Waals surface area contributed by atoms with E-state index >= 15 is 0 Å². The van der Waals surface area contributed by atoms with Crippen LogP contribution < -0.4 is 9.05 Å². The van der Waals surface area contributed by atoms with E-state index in [-0.39, 0.29) is 36.8 Å². The zero-order valence-electron chi connectivity index (χ0n) is 22.5. The fraction of sp³-hybridized carbons (Fsp3) is 0.480. The number of likely N-dealkylation sites (tertiary alicyclic amines) is 1. The molecule has 0 aliphatic carbocycles. The first-order chi connectivity index (χ1) is 19.3. The van der Waals surface area contributed by atoms with Crippen LogP contribution in [0.2, 0.25) is 0 Å². The second kappa shape index (κ2) is 14.8. The highest BCUT2D eigenvalue weighted by Gasteiger charge is 2.29. The molecule has 0 saturated carbocycles. The first-order valence-electron chi connectivity index (χ1n) is 12.9. The van der Waals surface area contributed by atoms with Gasteiger partial charge in [0.2, 0.25) is 0 Å². The van der Waals surface area contributed by atoms with Gasteiger partial charge in [-0.2, -0.15) is 0 Å². The second-order valence-corrected chi connectivity index (χ2v) is 11.8. The highest BCUT2D eigenvalue weighted by Crippen LogP contribution is 2.45. The van der Waals surface area contributed by atoms with Gasteiger partial charge in [-0.25, -0.2) is 13.9 Å². The van der Waals surface area contributed by atoms with Crippen molar-refractivity contribution < 1.29 is 56.9 Å². The van der Waals surface area contributed by atoms with Crippen molar-refractivity contribution in [2.45, 2.75) is 51.9 Å². The molecule has 0 radical (unpaired) electrons. The SMILES string of the molecule is C/C1=C\C(=N/OCC(=O)N2CCCCC2)Cc2cc(OP(=O)(O)O)cc(OP(=O)(O)O)c2C(=O)OCC/C=C/CC1. The van der Waals surface area contributed by atoms with Crippen molar-refractivity contribution in [3.05, 3.63) is 47.1 Å². The van der Waals surface area contributed by atoms with Gasteiger partial charge in [-0.1, -0.05) is 22.9 Å². The lowest BCUT2D eigenvalue weighted by Crippen LogP contribution is -2.37. The van der Waals surface area contributed by atoms with Crippen LogP contribution in [-0.2, 0) is 29.9 Å². The third-order valence-corrected chi connectivity index (χ3v) is 6.94. The zero-order valence-corrected chi connectivity index (χ0v) is 24.3. The van der Waals surface area contributed by atoms with Gasteiger partial charge in [0, 0.05) is 25.6 Å². The zero-order chi connectivity index (χ0) is 30.0. The minimum atomic E-state index is -5.25. The number of allylic oxidation sites excluding steroid dienone is 3. The van der Waals surface area contributed by atoms with Gasteiger partial charge < -0.3 is 23.5 Å². The van der Waals surface area contributed by atoms with Crippen LogP contribution in [0.3, 0.4) is 0 Å². The molecule has 1 fully saturated rings. The number of oxime groups is 1. The molecule has 0 spiro atoms.